The summed E-state index contributed by atoms with van der Waals surface area (Å²) < 4.78 is 31.7. The van der Waals surface area contributed by atoms with Gasteiger partial charge in [0.1, 0.15) is 5.54 Å². The highest BCUT2D eigenvalue weighted by Gasteiger charge is 2.44. The van der Waals surface area contributed by atoms with Crippen LogP contribution in [0.5, 0.6) is 0 Å². The second kappa shape index (κ2) is 11.3. The van der Waals surface area contributed by atoms with Crippen molar-refractivity contribution in [2.24, 2.45) is 0 Å². The number of fused-ring (bicyclic) bond motifs is 3. The van der Waals surface area contributed by atoms with E-state index >= 15 is 0 Å². The van der Waals surface area contributed by atoms with Gasteiger partial charge in [-0.05, 0) is 72.0 Å². The number of nitrogens with zero attached hydrogens (tertiary/aromatic N) is 1. The largest absolute Gasteiger partial charge is 0.322 e. The fraction of sp³-hybridized carbons (Fsp3) is 0.105. The van der Waals surface area contributed by atoms with Crippen LogP contribution in [0.1, 0.15) is 33.5 Å². The molecule has 1 aliphatic rings. The van der Waals surface area contributed by atoms with Crippen molar-refractivity contribution in [1.29, 1.82) is 0 Å². The Hall–Kier alpha value is -4.42. The summed E-state index contributed by atoms with van der Waals surface area (Å²) in [6.07, 6.45) is 2.85. The summed E-state index contributed by atoms with van der Waals surface area (Å²) in [5.74, 6) is 0. The lowest BCUT2D eigenvalue weighted by atomic mass is 9.82. The zero-order valence-electron chi connectivity index (χ0n) is 24.2. The van der Waals surface area contributed by atoms with Gasteiger partial charge >= 0.3 is 0 Å². The van der Waals surface area contributed by atoms with E-state index in [1.807, 2.05) is 49.4 Å². The van der Waals surface area contributed by atoms with Gasteiger partial charge in [0.15, 0.2) is 0 Å². The summed E-state index contributed by atoms with van der Waals surface area (Å²) in [6.45, 7) is 2.18. The van der Waals surface area contributed by atoms with Gasteiger partial charge in [0.05, 0.1) is 16.1 Å². The van der Waals surface area contributed by atoms with Gasteiger partial charge in [0, 0.05) is 22.5 Å². The zero-order chi connectivity index (χ0) is 30.3. The molecule has 6 aromatic rings. The van der Waals surface area contributed by atoms with E-state index in [0.717, 1.165) is 50.0 Å². The number of sulfonamides is 1. The quantitative estimate of drug-likeness (QED) is 0.187. The lowest BCUT2D eigenvalue weighted by Gasteiger charge is -2.33. The average Bonchev–Trinajstić information content (AvgIpc) is 3.56. The number of halogens is 1. The number of benzene rings is 5. The Labute approximate surface area is 263 Å². The third kappa shape index (κ3) is 4.78. The molecular formula is C38H31ClN2O2S. The van der Waals surface area contributed by atoms with E-state index in [2.05, 4.69) is 94.2 Å². The predicted molar refractivity (Wildman–Crippen MR) is 180 cm³/mol. The van der Waals surface area contributed by atoms with Gasteiger partial charge in [-0.1, -0.05) is 120 Å². The molecule has 4 nitrogen and oxygen atoms in total. The second-order valence-electron chi connectivity index (χ2n) is 11.2. The molecule has 0 unspecified atom stereocenters. The van der Waals surface area contributed by atoms with E-state index in [-0.39, 0.29) is 11.4 Å². The summed E-state index contributed by atoms with van der Waals surface area (Å²) in [4.78, 5) is 0.259. The molecule has 2 heterocycles. The first-order chi connectivity index (χ1) is 21.4. The molecule has 0 spiro atoms. The average molecular weight is 615 g/mol. The fourth-order valence-corrected chi connectivity index (χ4v) is 7.70. The molecule has 0 atom stereocenters. The summed E-state index contributed by atoms with van der Waals surface area (Å²) >= 11 is 6.64. The van der Waals surface area contributed by atoms with Crippen molar-refractivity contribution in [3.63, 3.8) is 0 Å². The first-order valence-electron chi connectivity index (χ1n) is 14.7. The molecule has 1 aromatic heterocycles. The van der Waals surface area contributed by atoms with Gasteiger partial charge in [-0.25, -0.2) is 13.1 Å². The molecule has 0 aliphatic carbocycles. The van der Waals surface area contributed by atoms with Crippen molar-refractivity contribution in [2.75, 3.05) is 6.54 Å². The van der Waals surface area contributed by atoms with Crippen LogP contribution in [0.4, 0.5) is 0 Å². The summed E-state index contributed by atoms with van der Waals surface area (Å²) in [5, 5.41) is 1.65. The van der Waals surface area contributed by atoms with Crippen LogP contribution in [-0.2, 0) is 22.0 Å². The second-order valence-corrected chi connectivity index (χ2v) is 13.4. The first-order valence-corrected chi connectivity index (χ1v) is 16.5. The van der Waals surface area contributed by atoms with Crippen molar-refractivity contribution < 1.29 is 8.42 Å². The van der Waals surface area contributed by atoms with Gasteiger partial charge in [-0.3, -0.25) is 0 Å². The van der Waals surface area contributed by atoms with Crippen molar-refractivity contribution in [3.8, 4) is 0 Å². The Morgan fingerprint density at radius 1 is 0.750 bits per heavy atom. The minimum atomic E-state index is -3.68. The number of nitrogens with one attached hydrogen (secondary N) is 1. The highest BCUT2D eigenvalue weighted by molar-refractivity contribution is 7.89. The molecule has 6 heteroatoms. The van der Waals surface area contributed by atoms with Crippen molar-refractivity contribution >= 4 is 38.1 Å². The molecular weight excluding hydrogens is 584 g/mol. The van der Waals surface area contributed by atoms with E-state index < -0.39 is 15.6 Å². The fourth-order valence-electron chi connectivity index (χ4n) is 6.50. The number of aryl methyl sites for hydroxylation is 1. The minimum absolute atomic E-state index is 0.237. The molecule has 0 amide bonds. The monoisotopic (exact) mass is 614 g/mol. The molecule has 44 heavy (non-hydrogen) atoms. The predicted octanol–water partition coefficient (Wildman–Crippen LogP) is 8.36. The smallest absolute Gasteiger partial charge is 0.240 e. The van der Waals surface area contributed by atoms with E-state index in [1.165, 1.54) is 0 Å². The molecule has 0 fully saturated rings. The number of hydrogen-bond acceptors (Lipinski definition) is 2. The normalized spacial score (nSPS) is 14.0. The minimum Gasteiger partial charge on any atom is -0.322 e. The molecule has 0 bridgehead atoms. The molecule has 0 saturated heterocycles. The summed E-state index contributed by atoms with van der Waals surface area (Å²) in [7, 11) is -3.68. The van der Waals surface area contributed by atoms with Gasteiger partial charge in [0.2, 0.25) is 10.0 Å². The summed E-state index contributed by atoms with van der Waals surface area (Å²) in [5.41, 5.74) is 7.99. The molecule has 7 rings (SSSR count). The third-order valence-corrected chi connectivity index (χ3v) is 10.2. The SMILES string of the molecule is Cc1ccc(S(=O)(=O)NCCc2c3n(c4ccc(Cl)cc24)C(c2ccccc2)(c2ccccc2)C=C3c2ccccc2)cc1. The standard InChI is InChI=1S/C38H31ClN2O2S/c1-27-17-20-32(21-18-27)44(42,43)40-24-23-33-34-25-31(39)19-22-36(34)41-37(33)35(28-11-5-2-6-12-28)26-38(41,29-13-7-3-8-14-29)30-15-9-4-10-16-30/h2-22,25-26,40H,23-24H2,1H3. The van der Waals surface area contributed by atoms with E-state index in [1.54, 1.807) is 12.1 Å². The van der Waals surface area contributed by atoms with Crippen LogP contribution in [0, 0.1) is 6.92 Å². The Balaban J connectivity index is 1.45. The lowest BCUT2D eigenvalue weighted by molar-refractivity contribution is 0.566. The van der Waals surface area contributed by atoms with Gasteiger partial charge in [-0.2, -0.15) is 0 Å². The topological polar surface area (TPSA) is 51.1 Å². The Kier molecular flexibility index (Phi) is 7.25. The third-order valence-electron chi connectivity index (χ3n) is 8.51. The van der Waals surface area contributed by atoms with E-state index in [0.29, 0.717) is 11.4 Å². The highest BCUT2D eigenvalue weighted by Crippen LogP contribution is 2.51. The van der Waals surface area contributed by atoms with Crippen LogP contribution in [0.25, 0.3) is 16.5 Å². The van der Waals surface area contributed by atoms with Crippen molar-refractivity contribution in [3.05, 3.63) is 178 Å². The van der Waals surface area contributed by atoms with Crippen LogP contribution in [-0.4, -0.2) is 19.5 Å². The Bertz CT molecular complexity index is 2060. The molecule has 218 valence electrons. The van der Waals surface area contributed by atoms with Crippen LogP contribution >= 0.6 is 11.6 Å². The Morgan fingerprint density at radius 2 is 1.34 bits per heavy atom. The first kappa shape index (κ1) is 28.4. The molecule has 5 aromatic carbocycles. The van der Waals surface area contributed by atoms with Crippen LogP contribution < -0.4 is 4.72 Å². The van der Waals surface area contributed by atoms with Crippen molar-refractivity contribution in [2.45, 2.75) is 23.8 Å². The summed E-state index contributed by atoms with van der Waals surface area (Å²) in [6, 6.07) is 44.5. The number of rotatable bonds is 8. The van der Waals surface area contributed by atoms with Crippen LogP contribution in [0.2, 0.25) is 5.02 Å². The molecule has 1 aliphatic heterocycles. The zero-order valence-corrected chi connectivity index (χ0v) is 25.8. The maximum absolute atomic E-state index is 13.2. The Morgan fingerprint density at radius 3 is 1.95 bits per heavy atom. The number of hydrogen-bond donors (Lipinski definition) is 1. The lowest BCUT2D eigenvalue weighted by Crippen LogP contribution is -2.32. The van der Waals surface area contributed by atoms with Crippen LogP contribution in [0.15, 0.2) is 144 Å². The molecule has 0 radical (unpaired) electrons. The molecule has 1 N–H and O–H groups in total. The number of aromatic nitrogens is 1. The van der Waals surface area contributed by atoms with Gasteiger partial charge in [0.25, 0.3) is 0 Å². The number of allylic oxidation sites excluding steroid dienone is 1. The van der Waals surface area contributed by atoms with E-state index in [9.17, 15) is 8.42 Å². The van der Waals surface area contributed by atoms with Crippen molar-refractivity contribution in [1.82, 2.24) is 9.29 Å². The maximum atomic E-state index is 13.2. The van der Waals surface area contributed by atoms with Gasteiger partial charge < -0.3 is 4.57 Å². The van der Waals surface area contributed by atoms with E-state index in [4.69, 9.17) is 11.6 Å². The van der Waals surface area contributed by atoms with Crippen LogP contribution in [0.3, 0.4) is 0 Å². The molecule has 0 saturated carbocycles. The highest BCUT2D eigenvalue weighted by atomic mass is 35.5. The maximum Gasteiger partial charge on any atom is 0.240 e. The van der Waals surface area contributed by atoms with Gasteiger partial charge in [-0.15, -0.1) is 0 Å².